The van der Waals surface area contributed by atoms with Crippen LogP contribution in [-0.4, -0.2) is 37.8 Å². The highest BCUT2D eigenvalue weighted by molar-refractivity contribution is 6.39. The molecule has 0 aliphatic heterocycles. The number of halogens is 2. The summed E-state index contributed by atoms with van der Waals surface area (Å²) in [5, 5.41) is 17.5. The molecule has 0 atom stereocenters. The molecule has 3 aromatic heterocycles. The molecule has 0 aliphatic rings. The van der Waals surface area contributed by atoms with Gasteiger partial charge in [0.25, 0.3) is 5.56 Å². The molecule has 10 nitrogen and oxygen atoms in total. The fourth-order valence-electron chi connectivity index (χ4n) is 3.14. The number of anilines is 2. The van der Waals surface area contributed by atoms with Crippen LogP contribution in [0.3, 0.4) is 0 Å². The molecule has 33 heavy (non-hydrogen) atoms. The minimum Gasteiger partial charge on any atom is -0.341 e. The fraction of sp³-hybridized carbons (Fsp3) is 0.143. The molecule has 0 aliphatic carbocycles. The van der Waals surface area contributed by atoms with Gasteiger partial charge >= 0.3 is 6.03 Å². The number of amides is 2. The Bertz CT molecular complexity index is 1390. The lowest BCUT2D eigenvalue weighted by Gasteiger charge is -2.12. The highest BCUT2D eigenvalue weighted by Gasteiger charge is 2.16. The van der Waals surface area contributed by atoms with Gasteiger partial charge in [0, 0.05) is 31.2 Å². The van der Waals surface area contributed by atoms with E-state index in [2.05, 4.69) is 36.1 Å². The molecule has 12 heteroatoms. The zero-order valence-corrected chi connectivity index (χ0v) is 19.1. The van der Waals surface area contributed by atoms with Crippen LogP contribution in [-0.2, 0) is 13.6 Å². The zero-order valence-electron chi connectivity index (χ0n) is 17.6. The van der Waals surface area contributed by atoms with Crippen LogP contribution in [0.25, 0.3) is 22.2 Å². The highest BCUT2D eigenvalue weighted by Crippen LogP contribution is 2.33. The van der Waals surface area contributed by atoms with Crippen molar-refractivity contribution in [3.05, 3.63) is 68.7 Å². The lowest BCUT2D eigenvalue weighted by Crippen LogP contribution is -2.32. The summed E-state index contributed by atoms with van der Waals surface area (Å²) >= 11 is 12.6. The predicted molar refractivity (Wildman–Crippen MR) is 127 cm³/mol. The Labute approximate surface area is 198 Å². The van der Waals surface area contributed by atoms with Crippen molar-refractivity contribution in [2.24, 2.45) is 7.05 Å². The Morgan fingerprint density at radius 1 is 1.12 bits per heavy atom. The molecule has 1 aromatic carbocycles. The smallest absolute Gasteiger partial charge is 0.314 e. The maximum atomic E-state index is 13.0. The molecule has 0 bridgehead atoms. The Kier molecular flexibility index (Phi) is 6.38. The van der Waals surface area contributed by atoms with Crippen molar-refractivity contribution < 1.29 is 4.79 Å². The standard InChI is InChI=1S/C21H18Cl2N8O2/c1-24-21(33)26-10-12-6-7-16(30-29-12)27-20-25-9-11-8-13(19(32)31(2)18(11)28-20)17-14(22)4-3-5-15(17)23/h3-9H,10H2,1-2H3,(H2,24,26,33)(H,25,27,28,30). The zero-order chi connectivity index (χ0) is 23.5. The Hall–Kier alpha value is -3.76. The van der Waals surface area contributed by atoms with Crippen molar-refractivity contribution in [2.45, 2.75) is 6.54 Å². The topological polar surface area (TPSA) is 127 Å². The number of carbonyl (C=O) groups excluding carboxylic acids is 1. The minimum atomic E-state index is -0.311. The van der Waals surface area contributed by atoms with Gasteiger partial charge < -0.3 is 16.0 Å². The maximum Gasteiger partial charge on any atom is 0.314 e. The van der Waals surface area contributed by atoms with Crippen LogP contribution in [0.4, 0.5) is 16.6 Å². The van der Waals surface area contributed by atoms with Crippen molar-refractivity contribution in [1.29, 1.82) is 0 Å². The van der Waals surface area contributed by atoms with Crippen molar-refractivity contribution in [2.75, 3.05) is 12.4 Å². The predicted octanol–water partition coefficient (Wildman–Crippen LogP) is 3.26. The van der Waals surface area contributed by atoms with Gasteiger partial charge in [0.05, 0.1) is 27.8 Å². The van der Waals surface area contributed by atoms with Gasteiger partial charge in [-0.25, -0.2) is 9.78 Å². The number of hydrogen-bond donors (Lipinski definition) is 3. The number of aryl methyl sites for hydroxylation is 1. The van der Waals surface area contributed by atoms with E-state index in [1.165, 1.54) is 11.6 Å². The van der Waals surface area contributed by atoms with Crippen LogP contribution in [0.5, 0.6) is 0 Å². The molecule has 0 spiro atoms. The van der Waals surface area contributed by atoms with Crippen LogP contribution >= 0.6 is 23.2 Å². The van der Waals surface area contributed by atoms with Crippen LogP contribution in [0.15, 0.2) is 47.4 Å². The molecule has 0 saturated heterocycles. The summed E-state index contributed by atoms with van der Waals surface area (Å²) in [6, 6.07) is 9.82. The number of rotatable bonds is 5. The number of benzene rings is 1. The molecule has 3 N–H and O–H groups in total. The second kappa shape index (κ2) is 9.39. The number of nitrogens with one attached hydrogen (secondary N) is 3. The van der Waals surface area contributed by atoms with Gasteiger partial charge in [0.15, 0.2) is 5.82 Å². The summed E-state index contributed by atoms with van der Waals surface area (Å²) in [6.45, 7) is 0.235. The van der Waals surface area contributed by atoms with Gasteiger partial charge in [-0.05, 0) is 30.3 Å². The Balaban J connectivity index is 1.62. The average Bonchev–Trinajstić information content (AvgIpc) is 2.81. The average molecular weight is 485 g/mol. The Morgan fingerprint density at radius 2 is 1.88 bits per heavy atom. The number of fused-ring (bicyclic) bond motifs is 1. The minimum absolute atomic E-state index is 0.235. The number of pyridine rings is 1. The quantitative estimate of drug-likeness (QED) is 0.396. The van der Waals surface area contributed by atoms with Crippen molar-refractivity contribution in [3.63, 3.8) is 0 Å². The van der Waals surface area contributed by atoms with E-state index in [0.717, 1.165) is 0 Å². The number of carbonyl (C=O) groups is 1. The fourth-order valence-corrected chi connectivity index (χ4v) is 3.74. The third kappa shape index (κ3) is 4.71. The van der Waals surface area contributed by atoms with Crippen LogP contribution < -0.4 is 21.5 Å². The summed E-state index contributed by atoms with van der Waals surface area (Å²) in [5.41, 5.74) is 1.53. The number of aromatic nitrogens is 5. The molecule has 0 unspecified atom stereocenters. The van der Waals surface area contributed by atoms with Gasteiger partial charge in [-0.1, -0.05) is 29.3 Å². The van der Waals surface area contributed by atoms with Gasteiger partial charge in [-0.3, -0.25) is 9.36 Å². The van der Waals surface area contributed by atoms with E-state index in [1.54, 1.807) is 49.6 Å². The van der Waals surface area contributed by atoms with E-state index in [0.29, 0.717) is 43.7 Å². The monoisotopic (exact) mass is 484 g/mol. The SMILES string of the molecule is CNC(=O)NCc1ccc(Nc2ncc3cc(-c4c(Cl)cccc4Cl)c(=O)n(C)c3n2)nn1. The third-order valence-corrected chi connectivity index (χ3v) is 5.43. The molecule has 4 aromatic rings. The van der Waals surface area contributed by atoms with Crippen molar-refractivity contribution in [3.8, 4) is 11.1 Å². The molecule has 3 heterocycles. The summed E-state index contributed by atoms with van der Waals surface area (Å²) in [6.07, 6.45) is 1.59. The van der Waals surface area contributed by atoms with Gasteiger partial charge in [0.1, 0.15) is 5.65 Å². The molecule has 0 saturated carbocycles. The van der Waals surface area contributed by atoms with E-state index in [-0.39, 0.29) is 24.1 Å². The second-order valence-corrected chi connectivity index (χ2v) is 7.77. The third-order valence-electron chi connectivity index (χ3n) is 4.80. The first kappa shape index (κ1) is 22.4. The van der Waals surface area contributed by atoms with Crippen LogP contribution in [0.1, 0.15) is 5.69 Å². The van der Waals surface area contributed by atoms with Crippen LogP contribution in [0, 0.1) is 0 Å². The second-order valence-electron chi connectivity index (χ2n) is 6.96. The highest BCUT2D eigenvalue weighted by atomic mass is 35.5. The van der Waals surface area contributed by atoms with Crippen LogP contribution in [0.2, 0.25) is 10.0 Å². The maximum absolute atomic E-state index is 13.0. The largest absolute Gasteiger partial charge is 0.341 e. The first-order valence-electron chi connectivity index (χ1n) is 9.73. The molecule has 2 amide bonds. The number of nitrogens with zero attached hydrogens (tertiary/aromatic N) is 5. The van der Waals surface area contributed by atoms with E-state index in [1.807, 2.05) is 0 Å². The molecule has 0 radical (unpaired) electrons. The van der Waals surface area contributed by atoms with Gasteiger partial charge in [-0.2, -0.15) is 10.1 Å². The van der Waals surface area contributed by atoms with E-state index >= 15 is 0 Å². The normalized spacial score (nSPS) is 10.8. The van der Waals surface area contributed by atoms with Gasteiger partial charge in [-0.15, -0.1) is 5.10 Å². The molecule has 0 fully saturated rings. The number of urea groups is 1. The molecular formula is C21H18Cl2N8O2. The number of hydrogen-bond acceptors (Lipinski definition) is 7. The van der Waals surface area contributed by atoms with Crippen molar-refractivity contribution >= 4 is 52.0 Å². The lowest BCUT2D eigenvalue weighted by atomic mass is 10.1. The molecule has 4 rings (SSSR count). The summed E-state index contributed by atoms with van der Waals surface area (Å²) in [7, 11) is 3.14. The van der Waals surface area contributed by atoms with Crippen molar-refractivity contribution in [1.82, 2.24) is 35.4 Å². The Morgan fingerprint density at radius 3 is 2.55 bits per heavy atom. The molecular weight excluding hydrogens is 467 g/mol. The summed E-state index contributed by atoms with van der Waals surface area (Å²) < 4.78 is 1.41. The summed E-state index contributed by atoms with van der Waals surface area (Å²) in [4.78, 5) is 33.0. The van der Waals surface area contributed by atoms with E-state index < -0.39 is 0 Å². The molecule has 168 valence electrons. The first-order chi connectivity index (χ1) is 15.9. The van der Waals surface area contributed by atoms with E-state index in [4.69, 9.17) is 23.2 Å². The van der Waals surface area contributed by atoms with E-state index in [9.17, 15) is 9.59 Å². The summed E-state index contributed by atoms with van der Waals surface area (Å²) in [5.74, 6) is 0.647. The first-order valence-corrected chi connectivity index (χ1v) is 10.5. The van der Waals surface area contributed by atoms with Gasteiger partial charge in [0.2, 0.25) is 5.95 Å². The lowest BCUT2D eigenvalue weighted by molar-refractivity contribution is 0.242.